The number of anilines is 3. The van der Waals surface area contributed by atoms with Crippen molar-refractivity contribution < 1.29 is 9.47 Å². The molecule has 0 unspecified atom stereocenters. The van der Waals surface area contributed by atoms with Crippen LogP contribution in [0.1, 0.15) is 5.56 Å². The van der Waals surface area contributed by atoms with E-state index in [-0.39, 0.29) is 5.95 Å². The Hall–Kier alpha value is -3.81. The molecule has 3 N–H and O–H groups in total. The first-order valence-corrected chi connectivity index (χ1v) is 8.83. The molecule has 0 aliphatic carbocycles. The molecule has 1 aromatic heterocycles. The van der Waals surface area contributed by atoms with E-state index in [1.54, 1.807) is 0 Å². The summed E-state index contributed by atoms with van der Waals surface area (Å²) in [5.41, 5.74) is 1.29. The third kappa shape index (κ3) is 4.67. The summed E-state index contributed by atoms with van der Waals surface area (Å²) in [7, 11) is 0. The van der Waals surface area contributed by atoms with Crippen LogP contribution in [0.25, 0.3) is 0 Å². The Kier molecular flexibility index (Phi) is 5.19. The van der Waals surface area contributed by atoms with E-state index >= 15 is 0 Å². The van der Waals surface area contributed by atoms with Crippen LogP contribution in [0, 0.1) is 0 Å². The van der Waals surface area contributed by atoms with E-state index in [0.717, 1.165) is 22.7 Å². The van der Waals surface area contributed by atoms with Gasteiger partial charge in [-0.2, -0.15) is 9.97 Å². The van der Waals surface area contributed by atoms with E-state index in [0.29, 0.717) is 25.7 Å². The summed E-state index contributed by atoms with van der Waals surface area (Å²) in [5.74, 6) is 2.06. The van der Waals surface area contributed by atoms with Crippen LogP contribution in [-0.4, -0.2) is 28.2 Å². The van der Waals surface area contributed by atoms with Gasteiger partial charge < -0.3 is 20.1 Å². The zero-order valence-electron chi connectivity index (χ0n) is 15.0. The van der Waals surface area contributed by atoms with Crippen LogP contribution in [0.4, 0.5) is 17.6 Å². The largest absolute Gasteiger partial charge is 0.490 e. The molecule has 0 amide bonds. The van der Waals surface area contributed by atoms with Crippen LogP contribution in [-0.2, 0) is 6.54 Å². The van der Waals surface area contributed by atoms with E-state index in [1.165, 1.54) is 0 Å². The lowest BCUT2D eigenvalue weighted by atomic mass is 10.2. The molecule has 6 bridgehead atoms. The average Bonchev–Trinajstić information content (AvgIpc) is 2.70. The number of hydrogen-bond donors (Lipinski definition) is 3. The van der Waals surface area contributed by atoms with Crippen molar-refractivity contribution in [3.8, 4) is 11.5 Å². The number of aromatic nitrogens is 3. The van der Waals surface area contributed by atoms with E-state index in [4.69, 9.17) is 9.47 Å². The molecule has 0 fully saturated rings. The van der Waals surface area contributed by atoms with Gasteiger partial charge in [-0.15, -0.1) is 0 Å². The zero-order valence-corrected chi connectivity index (χ0v) is 15.0. The van der Waals surface area contributed by atoms with Crippen molar-refractivity contribution in [2.45, 2.75) is 6.54 Å². The van der Waals surface area contributed by atoms with Crippen LogP contribution in [0.3, 0.4) is 0 Å². The van der Waals surface area contributed by atoms with Crippen LogP contribution < -0.4 is 25.8 Å². The van der Waals surface area contributed by atoms with Gasteiger partial charge in [0.25, 0.3) is 0 Å². The second-order valence-corrected chi connectivity index (χ2v) is 6.07. The van der Waals surface area contributed by atoms with Crippen molar-refractivity contribution in [1.29, 1.82) is 0 Å². The van der Waals surface area contributed by atoms with Gasteiger partial charge in [0.05, 0.1) is 0 Å². The minimum absolute atomic E-state index is 0.242. The second-order valence-electron chi connectivity index (χ2n) is 6.07. The Bertz CT molecular complexity index is 1010. The first-order valence-electron chi connectivity index (χ1n) is 8.83. The first kappa shape index (κ1) is 17.6. The molecular weight excluding hydrogens is 358 g/mol. The van der Waals surface area contributed by atoms with Crippen LogP contribution in [0.5, 0.6) is 11.5 Å². The number of benzene rings is 2. The molecule has 5 heterocycles. The van der Waals surface area contributed by atoms with Crippen molar-refractivity contribution in [3.63, 3.8) is 0 Å². The van der Waals surface area contributed by atoms with Gasteiger partial charge in [0.1, 0.15) is 24.7 Å². The Morgan fingerprint density at radius 3 is 2.14 bits per heavy atom. The highest BCUT2D eigenvalue weighted by Crippen LogP contribution is 2.18. The summed E-state index contributed by atoms with van der Waals surface area (Å²) in [6, 6.07) is 15.0. The Labute approximate surface area is 161 Å². The summed E-state index contributed by atoms with van der Waals surface area (Å²) >= 11 is 0. The zero-order chi connectivity index (χ0) is 19.2. The number of rotatable bonds is 0. The maximum Gasteiger partial charge on any atom is 0.351 e. The highest BCUT2D eigenvalue weighted by Gasteiger charge is 2.05. The van der Waals surface area contributed by atoms with Gasteiger partial charge in [-0.3, -0.25) is 4.98 Å². The van der Waals surface area contributed by atoms with Gasteiger partial charge in [-0.25, -0.2) is 4.79 Å². The molecule has 0 saturated carbocycles. The highest BCUT2D eigenvalue weighted by molar-refractivity contribution is 5.55. The monoisotopic (exact) mass is 377 g/mol. The topological polar surface area (TPSA) is 101 Å². The summed E-state index contributed by atoms with van der Waals surface area (Å²) in [6.07, 6.45) is 3.83. The summed E-state index contributed by atoms with van der Waals surface area (Å²) in [5, 5.41) is 6.13. The van der Waals surface area contributed by atoms with Crippen LogP contribution >= 0.6 is 0 Å². The summed E-state index contributed by atoms with van der Waals surface area (Å²) in [6.45, 7) is 1.39. The van der Waals surface area contributed by atoms with Gasteiger partial charge >= 0.3 is 5.69 Å². The van der Waals surface area contributed by atoms with Crippen LogP contribution in [0.2, 0.25) is 0 Å². The predicted octanol–water partition coefficient (Wildman–Crippen LogP) is 2.85. The van der Waals surface area contributed by atoms with E-state index < -0.39 is 5.69 Å². The summed E-state index contributed by atoms with van der Waals surface area (Å²) in [4.78, 5) is 22.6. The maximum absolute atomic E-state index is 11.8. The molecular formula is C20H19N5O3. The molecule has 4 aliphatic rings. The van der Waals surface area contributed by atoms with Crippen molar-refractivity contribution in [3.05, 3.63) is 76.7 Å². The number of aromatic amines is 1. The Morgan fingerprint density at radius 1 is 0.821 bits per heavy atom. The number of hydrogen-bond acceptors (Lipinski definition) is 7. The lowest BCUT2D eigenvalue weighted by Crippen LogP contribution is -2.17. The van der Waals surface area contributed by atoms with Gasteiger partial charge in [0, 0.05) is 12.2 Å². The van der Waals surface area contributed by atoms with Crippen molar-refractivity contribution >= 4 is 17.6 Å². The number of nitrogens with zero attached hydrogens (tertiary/aromatic N) is 2. The third-order valence-corrected chi connectivity index (χ3v) is 4.00. The molecule has 3 aromatic rings. The van der Waals surface area contributed by atoms with E-state index in [2.05, 4.69) is 25.6 Å². The molecule has 0 radical (unpaired) electrons. The van der Waals surface area contributed by atoms with Gasteiger partial charge in [0.2, 0.25) is 11.9 Å². The number of ether oxygens (including phenoxy) is 2. The Morgan fingerprint density at radius 2 is 1.46 bits per heavy atom. The van der Waals surface area contributed by atoms with Crippen molar-refractivity contribution in [1.82, 2.24) is 15.0 Å². The molecule has 0 spiro atoms. The minimum atomic E-state index is -0.488. The molecule has 7 rings (SSSR count). The van der Waals surface area contributed by atoms with Gasteiger partial charge in [-0.1, -0.05) is 12.1 Å². The lowest BCUT2D eigenvalue weighted by molar-refractivity contribution is 0.350. The maximum atomic E-state index is 11.8. The standard InChI is InChI=1S/C20H19N5O3/c26-20-24-18-21-13-14-3-7-16(8-4-14)27-11-1-2-12-28-17-9-5-15(6-10-17)22-19(23-18)25-20/h1-10H,11-13H2,(H3,21,22,23,24,25,26)/b2-1-. The number of nitrogens with one attached hydrogen (secondary N) is 3. The highest BCUT2D eigenvalue weighted by atomic mass is 16.5. The predicted molar refractivity (Wildman–Crippen MR) is 106 cm³/mol. The molecule has 8 nitrogen and oxygen atoms in total. The quantitative estimate of drug-likeness (QED) is 0.518. The molecule has 28 heavy (non-hydrogen) atoms. The summed E-state index contributed by atoms with van der Waals surface area (Å²) < 4.78 is 11.3. The molecule has 142 valence electrons. The second kappa shape index (κ2) is 8.26. The van der Waals surface area contributed by atoms with Crippen molar-refractivity contribution in [2.75, 3.05) is 23.8 Å². The number of H-pyrrole nitrogens is 1. The minimum Gasteiger partial charge on any atom is -0.490 e. The lowest BCUT2D eigenvalue weighted by Gasteiger charge is -2.10. The molecule has 4 aliphatic heterocycles. The first-order chi connectivity index (χ1) is 13.7. The SMILES string of the molecule is O=c1nc2nc([nH]1)Nc1ccc(cc1)OC/C=C\COc1ccc(cc1)CN2. The van der Waals surface area contributed by atoms with Crippen molar-refractivity contribution in [2.24, 2.45) is 0 Å². The van der Waals surface area contributed by atoms with E-state index in [1.807, 2.05) is 60.7 Å². The fourth-order valence-corrected chi connectivity index (χ4v) is 2.60. The molecule has 2 aromatic carbocycles. The normalized spacial score (nSPS) is 14.9. The van der Waals surface area contributed by atoms with Gasteiger partial charge in [-0.05, 0) is 54.1 Å². The third-order valence-electron chi connectivity index (χ3n) is 4.00. The molecule has 8 heteroatoms. The Balaban J connectivity index is 1.60. The smallest absolute Gasteiger partial charge is 0.351 e. The fourth-order valence-electron chi connectivity index (χ4n) is 2.60. The molecule has 0 saturated heterocycles. The van der Waals surface area contributed by atoms with E-state index in [9.17, 15) is 4.79 Å². The van der Waals surface area contributed by atoms with Crippen LogP contribution in [0.15, 0.2) is 65.5 Å². The fraction of sp³-hybridized carbons (Fsp3) is 0.150. The average molecular weight is 377 g/mol. The molecule has 0 atom stereocenters. The van der Waals surface area contributed by atoms with Gasteiger partial charge in [0.15, 0.2) is 0 Å².